The van der Waals surface area contributed by atoms with Gasteiger partial charge in [0.15, 0.2) is 0 Å². The minimum Gasteiger partial charge on any atom is -0.446 e. The van der Waals surface area contributed by atoms with Gasteiger partial charge >= 0.3 is 18.4 Å². The summed E-state index contributed by atoms with van der Waals surface area (Å²) in [7, 11) is 8.93. The molecular weight excluding hydrogens is 1300 g/mol. The highest BCUT2D eigenvalue weighted by Gasteiger charge is 2.48. The fraction of sp³-hybridized carbons (Fsp3) is 0.468. The van der Waals surface area contributed by atoms with E-state index in [9.17, 15) is 54.7 Å². The summed E-state index contributed by atoms with van der Waals surface area (Å²) in [6.45, 7) is 9.24. The van der Waals surface area contributed by atoms with E-state index in [1.54, 1.807) is 23.9 Å². The van der Waals surface area contributed by atoms with Gasteiger partial charge in [-0.1, -0.05) is 98.3 Å². The van der Waals surface area contributed by atoms with E-state index in [2.05, 4.69) is 51.2 Å². The number of carbonyl (C=O) groups excluding carboxylic acids is 5. The number of amides is 5. The van der Waals surface area contributed by atoms with Gasteiger partial charge in [0.25, 0.3) is 11.8 Å². The van der Waals surface area contributed by atoms with E-state index >= 15 is 0 Å². The van der Waals surface area contributed by atoms with Gasteiger partial charge in [-0.15, -0.1) is 0 Å². The maximum atomic E-state index is 13.9. The van der Waals surface area contributed by atoms with Gasteiger partial charge in [0.2, 0.25) is 11.8 Å². The first-order valence-electron chi connectivity index (χ1n) is 34.4. The normalized spacial score (nSPS) is 17.8. The average Bonchev–Trinajstić information content (AvgIpc) is 1.59. The summed E-state index contributed by atoms with van der Waals surface area (Å²) in [6.07, 6.45) is -1.83. The van der Waals surface area contributed by atoms with Crippen molar-refractivity contribution in [1.82, 2.24) is 29.4 Å². The number of anilines is 2. The lowest BCUT2D eigenvalue weighted by Gasteiger charge is -2.44. The van der Waals surface area contributed by atoms with Crippen molar-refractivity contribution < 1.29 is 68.9 Å². The number of hydrogen-bond acceptors (Lipinski definition) is 11. The molecule has 23 heteroatoms. The lowest BCUT2D eigenvalue weighted by Crippen LogP contribution is -2.46. The SMILES string of the molecule is COCC(=O)N(C)CCCN(C)C(=O)c1ccc(N(C)CCCCCC(=O)N(C)CCN2CCC(OC(=O)Nc3ccccc3-c3ccccc3)CC2)cc1.C[C@H]1Cc2ccccc2C12CCN(CC[C@@]1(c3ccc(F)cc3)CN(C(=O)c3cc(C(F)(F)F)cc(C(F)(F)F)c3)CO1)CC2. The molecule has 3 heterocycles. The van der Waals surface area contributed by atoms with Crippen LogP contribution < -0.4 is 10.2 Å². The Bertz CT molecular complexity index is 3670. The van der Waals surface area contributed by atoms with E-state index < -0.39 is 52.5 Å². The van der Waals surface area contributed by atoms with Crippen molar-refractivity contribution in [3.05, 3.63) is 190 Å². The van der Waals surface area contributed by atoms with Crippen LogP contribution in [0.2, 0.25) is 0 Å². The largest absolute Gasteiger partial charge is 0.446 e. The summed E-state index contributed by atoms with van der Waals surface area (Å²) >= 11 is 0. The summed E-state index contributed by atoms with van der Waals surface area (Å²) in [5.74, 6) is -0.927. The van der Waals surface area contributed by atoms with Gasteiger partial charge in [0, 0.05) is 122 Å². The van der Waals surface area contributed by atoms with Crippen LogP contribution in [-0.4, -0.2) is 186 Å². The molecule has 16 nitrogen and oxygen atoms in total. The number of benzene rings is 6. The highest BCUT2D eigenvalue weighted by molar-refractivity contribution is 5.95. The molecule has 1 aliphatic carbocycles. The third-order valence-electron chi connectivity index (χ3n) is 20.2. The number of fused-ring (bicyclic) bond motifs is 2. The number of likely N-dealkylation sites (tertiary alicyclic amines) is 2. The van der Waals surface area contributed by atoms with Crippen LogP contribution in [0, 0.1) is 11.7 Å². The number of carbonyl (C=O) groups is 5. The highest BCUT2D eigenvalue weighted by atomic mass is 19.4. The zero-order valence-electron chi connectivity index (χ0n) is 58.0. The smallest absolute Gasteiger partial charge is 0.416 e. The van der Waals surface area contributed by atoms with Crippen LogP contribution in [0.1, 0.15) is 120 Å². The van der Waals surface area contributed by atoms with Crippen LogP contribution in [0.4, 0.5) is 46.9 Å². The Morgan fingerprint density at radius 3 is 1.93 bits per heavy atom. The van der Waals surface area contributed by atoms with Crippen LogP contribution in [-0.2, 0) is 53.6 Å². The Hall–Kier alpha value is -8.38. The minimum absolute atomic E-state index is 0.00621. The first kappa shape index (κ1) is 75.8. The Balaban J connectivity index is 0.000000237. The van der Waals surface area contributed by atoms with Crippen molar-refractivity contribution in [3.8, 4) is 11.1 Å². The molecule has 0 radical (unpaired) electrons. The van der Waals surface area contributed by atoms with Crippen molar-refractivity contribution in [3.63, 3.8) is 0 Å². The highest BCUT2D eigenvalue weighted by Crippen LogP contribution is 2.50. The number of alkyl halides is 6. The van der Waals surface area contributed by atoms with Crippen LogP contribution in [0.3, 0.4) is 0 Å². The van der Waals surface area contributed by atoms with E-state index in [1.165, 1.54) is 42.5 Å². The van der Waals surface area contributed by atoms with Crippen molar-refractivity contribution in [2.24, 2.45) is 5.92 Å². The van der Waals surface area contributed by atoms with Crippen LogP contribution >= 0.6 is 0 Å². The minimum atomic E-state index is -5.08. The monoisotopic (exact) mass is 1390 g/mol. The number of hydrogen-bond donors (Lipinski definition) is 1. The Labute approximate surface area is 582 Å². The first-order chi connectivity index (χ1) is 47.7. The molecule has 0 aromatic heterocycles. The number of likely N-dealkylation sites (N-methyl/N-ethyl adjacent to an activating group) is 2. The second kappa shape index (κ2) is 34.3. The molecular formula is C77H93F7N8O8. The van der Waals surface area contributed by atoms with Crippen LogP contribution in [0.15, 0.2) is 146 Å². The Morgan fingerprint density at radius 1 is 0.640 bits per heavy atom. The van der Waals surface area contributed by atoms with Gasteiger partial charge in [-0.2, -0.15) is 26.3 Å². The third kappa shape index (κ3) is 19.8. The fourth-order valence-electron chi connectivity index (χ4n) is 14.1. The zero-order valence-corrected chi connectivity index (χ0v) is 58.0. The van der Waals surface area contributed by atoms with E-state index in [0.29, 0.717) is 74.6 Å². The van der Waals surface area contributed by atoms with Crippen molar-refractivity contribution in [1.29, 1.82) is 0 Å². The molecule has 3 aliphatic heterocycles. The first-order valence-corrected chi connectivity index (χ1v) is 34.4. The quantitative estimate of drug-likeness (QED) is 0.0431. The third-order valence-corrected chi connectivity index (χ3v) is 20.2. The van der Waals surface area contributed by atoms with Crippen molar-refractivity contribution in [2.75, 3.05) is 131 Å². The Morgan fingerprint density at radius 2 is 1.26 bits per heavy atom. The molecule has 100 heavy (non-hydrogen) atoms. The number of ether oxygens (including phenoxy) is 3. The van der Waals surface area contributed by atoms with Gasteiger partial charge in [-0.25, -0.2) is 9.18 Å². The number of nitrogens with zero attached hydrogens (tertiary/aromatic N) is 7. The lowest BCUT2D eigenvalue weighted by molar-refractivity contribution is -0.143. The molecule has 4 aliphatic rings. The van der Waals surface area contributed by atoms with Crippen molar-refractivity contribution in [2.45, 2.75) is 107 Å². The molecule has 2 atom stereocenters. The summed E-state index contributed by atoms with van der Waals surface area (Å²) in [6, 6.07) is 40.4. The number of para-hydroxylation sites is 1. The molecule has 538 valence electrons. The fourth-order valence-corrected chi connectivity index (χ4v) is 14.1. The lowest BCUT2D eigenvalue weighted by atomic mass is 9.68. The van der Waals surface area contributed by atoms with E-state index in [-0.39, 0.29) is 55.2 Å². The Kier molecular flexibility index (Phi) is 26.0. The number of halogens is 7. The molecule has 1 spiro atoms. The van der Waals surface area contributed by atoms with E-state index in [0.717, 1.165) is 118 Å². The molecule has 1 N–H and O–H groups in total. The maximum absolute atomic E-state index is 13.9. The predicted molar refractivity (Wildman–Crippen MR) is 371 cm³/mol. The zero-order chi connectivity index (χ0) is 71.8. The molecule has 0 unspecified atom stereocenters. The summed E-state index contributed by atoms with van der Waals surface area (Å²) in [5.41, 5.74) is 2.92. The summed E-state index contributed by atoms with van der Waals surface area (Å²) in [4.78, 5) is 76.8. The van der Waals surface area contributed by atoms with Gasteiger partial charge in [-0.05, 0) is 160 Å². The molecule has 3 saturated heterocycles. The molecule has 0 saturated carbocycles. The summed E-state index contributed by atoms with van der Waals surface area (Å²) < 4.78 is 112. The molecule has 3 fully saturated rings. The number of rotatable bonds is 25. The summed E-state index contributed by atoms with van der Waals surface area (Å²) in [5, 5.41) is 2.93. The number of unbranched alkanes of at least 4 members (excludes halogenated alkanes) is 2. The standard InChI is InChI=1S/C43H60N6O6.C34H33F7N2O2/c1-45(36-22-20-35(21-23-36)42(52)48(4)28-14-27-46(2)41(51)33-54-5)26-13-7-10-19-40(50)47(3)31-32-49-29-24-37(25-30-49)55-43(53)44-39-18-12-11-17-38(39)34-15-8-6-9-16-34;1-22-16-23-4-2-3-5-29(23)31(22)10-13-42(14-11-31)15-12-32(25-6-8-28(35)9-7-25)20-43(21-45-32)30(44)24-17-26(33(36,37)38)19-27(18-24)34(39,40)41/h6,8-9,11-12,15-18,20-23,37H,7,10,13-14,19,24-33H2,1-5H3,(H,44,53);2-9,17-19,22H,10-16,20-21H2,1H3/t;22-,32-/m.0/s1. The second-order valence-corrected chi connectivity index (χ2v) is 27.0. The van der Waals surface area contributed by atoms with E-state index in [1.807, 2.05) is 97.9 Å². The van der Waals surface area contributed by atoms with Gasteiger partial charge in [-0.3, -0.25) is 24.5 Å². The maximum Gasteiger partial charge on any atom is 0.416 e. The molecule has 6 aromatic carbocycles. The van der Waals surface area contributed by atoms with Crippen molar-refractivity contribution >= 4 is 41.1 Å². The van der Waals surface area contributed by atoms with E-state index in [4.69, 9.17) is 14.2 Å². The number of nitrogens with one attached hydrogen (secondary N) is 1. The van der Waals surface area contributed by atoms with Crippen LogP contribution in [0.25, 0.3) is 11.1 Å². The number of methoxy groups -OCH3 is 1. The van der Waals surface area contributed by atoms with Gasteiger partial charge < -0.3 is 48.5 Å². The van der Waals surface area contributed by atoms with Gasteiger partial charge in [0.1, 0.15) is 30.9 Å². The molecule has 6 aromatic rings. The topological polar surface area (TPSA) is 148 Å². The molecule has 10 rings (SSSR count). The average molecular weight is 1390 g/mol. The second-order valence-electron chi connectivity index (χ2n) is 27.0. The number of piperidine rings is 2. The molecule has 5 amide bonds. The predicted octanol–water partition coefficient (Wildman–Crippen LogP) is 13.9. The van der Waals surface area contributed by atoms with Crippen LogP contribution in [0.5, 0.6) is 0 Å². The molecule has 0 bridgehead atoms. The van der Waals surface area contributed by atoms with Gasteiger partial charge in [0.05, 0.1) is 23.4 Å².